The fraction of sp³-hybridized carbons (Fsp3) is 0.786. The Labute approximate surface area is 596 Å². The summed E-state index contributed by atoms with van der Waals surface area (Å²) in [5.74, 6) is 15.3. The van der Waals surface area contributed by atoms with E-state index in [2.05, 4.69) is 270 Å². The Morgan fingerprint density at radius 2 is 0.531 bits per heavy atom. The van der Waals surface area contributed by atoms with Gasteiger partial charge >= 0.3 is 0 Å². The Morgan fingerprint density at radius 3 is 0.740 bits per heavy atom. The molecule has 0 rings (SSSR count). The van der Waals surface area contributed by atoms with Crippen LogP contribution in [0.1, 0.15) is 344 Å². The lowest BCUT2D eigenvalue weighted by atomic mass is 9.96. The summed E-state index contributed by atoms with van der Waals surface area (Å²) < 4.78 is 0. The van der Waals surface area contributed by atoms with Crippen LogP contribution in [0.4, 0.5) is 0 Å². The molecular weight excluding hydrogens is 1190 g/mol. The van der Waals surface area contributed by atoms with E-state index in [1.54, 1.807) is 0 Å². The number of nitrogens with one attached hydrogen (secondary N) is 6. The summed E-state index contributed by atoms with van der Waals surface area (Å²) >= 11 is 0. The molecule has 12 nitrogen and oxygen atoms in total. The molecule has 0 fully saturated rings. The van der Waals surface area contributed by atoms with Gasteiger partial charge < -0.3 is 31.9 Å². The monoisotopic (exact) mass is 1350 g/mol. The quantitative estimate of drug-likeness (QED) is 0.0258. The van der Waals surface area contributed by atoms with Crippen LogP contribution in [0.25, 0.3) is 0 Å². The number of amides is 6. The molecule has 96 heavy (non-hydrogen) atoms. The van der Waals surface area contributed by atoms with Crippen molar-refractivity contribution in [3.8, 4) is 23.7 Å². The molecule has 0 saturated carbocycles. The van der Waals surface area contributed by atoms with Gasteiger partial charge in [0.2, 0.25) is 35.4 Å². The smallest absolute Gasteiger partial charge is 0.220 e. The van der Waals surface area contributed by atoms with Crippen LogP contribution >= 0.6 is 0 Å². The van der Waals surface area contributed by atoms with Gasteiger partial charge in [-0.15, -0.1) is 11.8 Å². The van der Waals surface area contributed by atoms with E-state index in [0.717, 1.165) is 96.7 Å². The topological polar surface area (TPSA) is 175 Å². The van der Waals surface area contributed by atoms with Crippen LogP contribution in [-0.4, -0.2) is 71.7 Å². The van der Waals surface area contributed by atoms with E-state index in [1.165, 1.54) is 0 Å². The van der Waals surface area contributed by atoms with Crippen LogP contribution in [0.3, 0.4) is 0 Å². The average Bonchev–Trinajstić information content (AvgIpc) is 1.93. The van der Waals surface area contributed by atoms with Crippen molar-refractivity contribution < 1.29 is 28.8 Å². The maximum Gasteiger partial charge on any atom is 0.220 e. The van der Waals surface area contributed by atoms with Gasteiger partial charge in [0.15, 0.2) is 0 Å². The largest absolute Gasteiger partial charge is 0.356 e. The molecule has 0 saturated heterocycles. The van der Waals surface area contributed by atoms with Crippen LogP contribution < -0.4 is 31.9 Å². The Hall–Kier alpha value is -5.10. The highest BCUT2D eigenvalue weighted by molar-refractivity contribution is 5.78. The van der Waals surface area contributed by atoms with E-state index >= 15 is 0 Å². The lowest BCUT2D eigenvalue weighted by Gasteiger charge is -2.20. The first-order chi connectivity index (χ1) is 43.2. The molecule has 0 unspecified atom stereocenters. The van der Waals surface area contributed by atoms with Crippen molar-refractivity contribution in [1.29, 1.82) is 0 Å². The molecule has 0 radical (unpaired) electrons. The van der Waals surface area contributed by atoms with E-state index in [-0.39, 0.29) is 84.5 Å². The van der Waals surface area contributed by atoms with Gasteiger partial charge in [-0.2, -0.15) is 0 Å². The summed E-state index contributed by atoms with van der Waals surface area (Å²) in [6.07, 6.45) is 32.1. The highest BCUT2D eigenvalue weighted by atomic mass is 16.2. The molecule has 0 aromatic rings. The lowest BCUT2D eigenvalue weighted by molar-refractivity contribution is -0.123. The molecule has 0 heterocycles. The second-order valence-electron chi connectivity index (χ2n) is 36.6. The molecule has 560 valence electrons. The number of carbonyl (C=O) groups excluding carboxylic acids is 6. The van der Waals surface area contributed by atoms with Crippen molar-refractivity contribution in [2.45, 2.75) is 361 Å². The van der Waals surface area contributed by atoms with Crippen molar-refractivity contribution in [3.63, 3.8) is 0 Å². The van der Waals surface area contributed by atoms with E-state index in [9.17, 15) is 28.8 Å². The Bertz CT molecular complexity index is 2270. The van der Waals surface area contributed by atoms with Crippen LogP contribution in [-0.2, 0) is 28.8 Å². The summed E-state index contributed by atoms with van der Waals surface area (Å²) in [4.78, 5) is 68.8. The standard InChI is InChI=1S/C15H27NO.C14H27NO.C14H25NO.2C14H27NO.C13H25NO/c1-14(2,3)11-9-7-8-10-13(17)16-12-15(4,5)6;2*1-13(2,3)11-9-7-8-10-12(16)15-14(4,5)6;2*1-12(2)9-7-6-8-10-13(16)15-11-14(3,4)5;1-11(2)9-7-6-8-10-12(15)14-13(3,4)5/h7-8,10,12H2,1-6H3,(H,16,17);9,11H,7-8,10H2,1-6H3,(H,15,16);7-8,10H2,1-6H3,(H,15,16);2*7,9,12H,6,8,10-11H2,1-5H3,(H,15,16);7,9,11H,6,8,10H2,1-5H3,(H,14,15)/b;11-9-;;9-7+;9-7-;9-7+. The van der Waals surface area contributed by atoms with Gasteiger partial charge in [-0.1, -0.05) is 185 Å². The van der Waals surface area contributed by atoms with E-state index in [1.807, 2.05) is 62.3 Å². The fourth-order valence-corrected chi connectivity index (χ4v) is 7.19. The van der Waals surface area contributed by atoms with E-state index in [4.69, 9.17) is 0 Å². The third-order valence-electron chi connectivity index (χ3n) is 11.6. The van der Waals surface area contributed by atoms with Crippen molar-refractivity contribution in [2.24, 2.45) is 50.2 Å². The number of allylic oxidation sites excluding steroid dienone is 8. The SMILES string of the molecule is CC(C)(C)/C=C\CCCC(=O)NC(C)(C)C.CC(C)(C)C#CCCCC(=O)NC(C)(C)C.CC(C)(C)C#CCCCC(=O)NCC(C)(C)C.CC(C)/C=C/CCCC(=O)NC(C)(C)C.CC(C)/C=C/CCCC(=O)NCC(C)(C)C.CC(C)/C=C\CCCC(=O)NCC(C)(C)C. The van der Waals surface area contributed by atoms with Gasteiger partial charge in [0.1, 0.15) is 0 Å². The second kappa shape index (κ2) is 53.8. The Morgan fingerprint density at radius 1 is 0.312 bits per heavy atom. The van der Waals surface area contributed by atoms with Crippen molar-refractivity contribution >= 4 is 35.4 Å². The van der Waals surface area contributed by atoms with Crippen LogP contribution in [0.2, 0.25) is 0 Å². The van der Waals surface area contributed by atoms with Crippen LogP contribution in [0.15, 0.2) is 48.6 Å². The first-order valence-corrected chi connectivity index (χ1v) is 36.6. The molecular formula is C84H158N6O6. The zero-order valence-electron chi connectivity index (χ0n) is 69.1. The summed E-state index contributed by atoms with van der Waals surface area (Å²) in [7, 11) is 0. The van der Waals surface area contributed by atoms with Crippen molar-refractivity contribution in [3.05, 3.63) is 48.6 Å². The molecule has 0 atom stereocenters. The van der Waals surface area contributed by atoms with E-state index < -0.39 is 0 Å². The van der Waals surface area contributed by atoms with Crippen molar-refractivity contribution in [1.82, 2.24) is 31.9 Å². The van der Waals surface area contributed by atoms with Gasteiger partial charge in [-0.05, 0) is 207 Å². The van der Waals surface area contributed by atoms with Gasteiger partial charge in [0, 0.05) is 98.4 Å². The Balaban J connectivity index is -0.000000253. The Kier molecular flexibility index (Phi) is 57.1. The highest BCUT2D eigenvalue weighted by Gasteiger charge is 2.17. The molecule has 6 N–H and O–H groups in total. The molecule has 12 heteroatoms. The van der Waals surface area contributed by atoms with Crippen LogP contribution in [0, 0.1) is 73.9 Å². The maximum absolute atomic E-state index is 11.5. The van der Waals surface area contributed by atoms with Gasteiger partial charge in [-0.25, -0.2) is 0 Å². The third kappa shape index (κ3) is 110. The second-order valence-corrected chi connectivity index (χ2v) is 36.6. The normalized spacial score (nSPS) is 12.2. The molecule has 0 aliphatic carbocycles. The minimum absolute atomic E-state index is 0.0632. The first-order valence-electron chi connectivity index (χ1n) is 36.6. The number of hydrogen-bond acceptors (Lipinski definition) is 6. The zero-order valence-corrected chi connectivity index (χ0v) is 69.1. The number of carbonyl (C=O) groups is 6. The molecule has 0 bridgehead atoms. The molecule has 0 aliphatic rings. The number of hydrogen-bond donors (Lipinski definition) is 6. The summed E-state index contributed by atoms with van der Waals surface area (Å²) in [5.41, 5.74) is 0.523. The molecule has 0 aliphatic heterocycles. The lowest BCUT2D eigenvalue weighted by Crippen LogP contribution is -2.40. The van der Waals surface area contributed by atoms with Gasteiger partial charge in [0.05, 0.1) is 0 Å². The molecule has 6 amide bonds. The summed E-state index contributed by atoms with van der Waals surface area (Å²) in [6.45, 7) is 71.4. The summed E-state index contributed by atoms with van der Waals surface area (Å²) in [5, 5.41) is 17.7. The number of unbranched alkanes of at least 4 members (excludes halogenated alkanes) is 6. The maximum atomic E-state index is 11.5. The summed E-state index contributed by atoms with van der Waals surface area (Å²) in [6, 6.07) is 0. The molecule has 0 aromatic carbocycles. The minimum Gasteiger partial charge on any atom is -0.356 e. The van der Waals surface area contributed by atoms with Crippen LogP contribution in [0.5, 0.6) is 0 Å². The predicted octanol–water partition coefficient (Wildman–Crippen LogP) is 20.5. The minimum atomic E-state index is -0.131. The van der Waals surface area contributed by atoms with Crippen molar-refractivity contribution in [2.75, 3.05) is 19.6 Å². The highest BCUT2D eigenvalue weighted by Crippen LogP contribution is 2.17. The first kappa shape index (κ1) is 102. The average molecular weight is 1350 g/mol. The third-order valence-corrected chi connectivity index (χ3v) is 11.6. The zero-order chi connectivity index (χ0) is 76.3. The van der Waals surface area contributed by atoms with E-state index in [0.29, 0.717) is 56.3 Å². The van der Waals surface area contributed by atoms with Gasteiger partial charge in [-0.3, -0.25) is 28.8 Å². The number of rotatable bonds is 28. The predicted molar refractivity (Wildman–Crippen MR) is 419 cm³/mol. The fourth-order valence-electron chi connectivity index (χ4n) is 7.19. The van der Waals surface area contributed by atoms with Gasteiger partial charge in [0.25, 0.3) is 0 Å². The molecule has 0 aromatic heterocycles. The molecule has 0 spiro atoms.